The molecule has 1 atom stereocenters. The maximum atomic E-state index is 12.6. The first-order chi connectivity index (χ1) is 11.6. The van der Waals surface area contributed by atoms with Crippen LogP contribution in [0.4, 0.5) is 0 Å². The van der Waals surface area contributed by atoms with Gasteiger partial charge in [-0.15, -0.1) is 0 Å². The highest BCUT2D eigenvalue weighted by Crippen LogP contribution is 2.22. The van der Waals surface area contributed by atoms with Crippen LogP contribution in [-0.2, 0) is 11.8 Å². The SMILES string of the molecule is CC[C@@H]1CCCCN1C(=O)CSc1nc2ccccc2c(=O)n1C. The predicted octanol–water partition coefficient (Wildman–Crippen LogP) is 2.82. The minimum atomic E-state index is -0.0695. The van der Waals surface area contributed by atoms with E-state index in [-0.39, 0.29) is 11.5 Å². The van der Waals surface area contributed by atoms with Crippen molar-refractivity contribution in [2.24, 2.45) is 7.05 Å². The number of thioether (sulfide) groups is 1. The van der Waals surface area contributed by atoms with Crippen molar-refractivity contribution in [3.8, 4) is 0 Å². The first-order valence-electron chi connectivity index (χ1n) is 8.50. The molecule has 0 radical (unpaired) electrons. The molecule has 24 heavy (non-hydrogen) atoms. The molecule has 1 aliphatic heterocycles. The van der Waals surface area contributed by atoms with Crippen LogP contribution >= 0.6 is 11.8 Å². The fourth-order valence-electron chi connectivity index (χ4n) is 3.29. The maximum absolute atomic E-state index is 12.6. The van der Waals surface area contributed by atoms with Crippen LogP contribution in [0.2, 0.25) is 0 Å². The molecule has 6 heteroatoms. The highest BCUT2D eigenvalue weighted by molar-refractivity contribution is 7.99. The number of para-hydroxylation sites is 1. The van der Waals surface area contributed by atoms with E-state index in [4.69, 9.17) is 0 Å². The van der Waals surface area contributed by atoms with Gasteiger partial charge in [-0.2, -0.15) is 0 Å². The monoisotopic (exact) mass is 345 g/mol. The number of nitrogens with zero attached hydrogens (tertiary/aromatic N) is 3. The molecular formula is C18H23N3O2S. The van der Waals surface area contributed by atoms with E-state index >= 15 is 0 Å². The Hall–Kier alpha value is -1.82. The minimum Gasteiger partial charge on any atom is -0.339 e. The molecule has 2 aromatic rings. The molecule has 1 aromatic heterocycles. The van der Waals surface area contributed by atoms with Gasteiger partial charge in [0, 0.05) is 19.6 Å². The van der Waals surface area contributed by atoms with Gasteiger partial charge in [-0.1, -0.05) is 30.8 Å². The van der Waals surface area contributed by atoms with Crippen LogP contribution in [-0.4, -0.2) is 38.7 Å². The van der Waals surface area contributed by atoms with E-state index in [1.165, 1.54) is 22.7 Å². The second-order valence-electron chi connectivity index (χ2n) is 6.21. The zero-order chi connectivity index (χ0) is 17.1. The third-order valence-corrected chi connectivity index (χ3v) is 5.70. The van der Waals surface area contributed by atoms with Crippen molar-refractivity contribution in [3.63, 3.8) is 0 Å². The maximum Gasteiger partial charge on any atom is 0.261 e. The normalized spacial score (nSPS) is 18.1. The Morgan fingerprint density at radius 1 is 1.33 bits per heavy atom. The standard InChI is InChI=1S/C18H23N3O2S/c1-3-13-8-6-7-11-21(13)16(22)12-24-18-19-15-10-5-4-9-14(15)17(23)20(18)2/h4-5,9-10,13H,3,6-8,11-12H2,1-2H3/t13-/m1/s1. The number of hydrogen-bond donors (Lipinski definition) is 0. The van der Waals surface area contributed by atoms with E-state index in [2.05, 4.69) is 11.9 Å². The number of likely N-dealkylation sites (tertiary alicyclic amines) is 1. The van der Waals surface area contributed by atoms with Gasteiger partial charge in [-0.3, -0.25) is 14.2 Å². The number of piperidine rings is 1. The average Bonchev–Trinajstić information content (AvgIpc) is 2.63. The van der Waals surface area contributed by atoms with Crippen molar-refractivity contribution in [2.45, 2.75) is 43.8 Å². The Morgan fingerprint density at radius 2 is 2.12 bits per heavy atom. The van der Waals surface area contributed by atoms with Gasteiger partial charge in [0.2, 0.25) is 5.91 Å². The Labute approximate surface area is 146 Å². The summed E-state index contributed by atoms with van der Waals surface area (Å²) in [6.07, 6.45) is 4.39. The molecule has 1 fully saturated rings. The van der Waals surface area contributed by atoms with Crippen molar-refractivity contribution in [1.82, 2.24) is 14.5 Å². The second-order valence-corrected chi connectivity index (χ2v) is 7.15. The molecule has 0 unspecified atom stereocenters. The van der Waals surface area contributed by atoms with Crippen molar-refractivity contribution in [3.05, 3.63) is 34.6 Å². The molecular weight excluding hydrogens is 322 g/mol. The van der Waals surface area contributed by atoms with Crippen LogP contribution in [0, 0.1) is 0 Å². The number of aromatic nitrogens is 2. The molecule has 1 amide bonds. The second kappa shape index (κ2) is 7.38. The quantitative estimate of drug-likeness (QED) is 0.632. The first-order valence-corrected chi connectivity index (χ1v) is 9.48. The summed E-state index contributed by atoms with van der Waals surface area (Å²) >= 11 is 1.35. The third-order valence-electron chi connectivity index (χ3n) is 4.69. The van der Waals surface area contributed by atoms with Crippen LogP contribution < -0.4 is 5.56 Å². The summed E-state index contributed by atoms with van der Waals surface area (Å²) in [5, 5.41) is 1.20. The summed E-state index contributed by atoms with van der Waals surface area (Å²) in [4.78, 5) is 31.6. The summed E-state index contributed by atoms with van der Waals surface area (Å²) in [5.41, 5.74) is 0.611. The molecule has 0 bridgehead atoms. The van der Waals surface area contributed by atoms with Crippen molar-refractivity contribution in [2.75, 3.05) is 12.3 Å². The molecule has 0 spiro atoms. The number of carbonyl (C=O) groups excluding carboxylic acids is 1. The van der Waals surface area contributed by atoms with Crippen LogP contribution in [0.25, 0.3) is 10.9 Å². The van der Waals surface area contributed by atoms with Crippen molar-refractivity contribution in [1.29, 1.82) is 0 Å². The molecule has 1 saturated heterocycles. The van der Waals surface area contributed by atoms with Gasteiger partial charge in [0.05, 0.1) is 16.7 Å². The van der Waals surface area contributed by atoms with E-state index in [1.807, 2.05) is 23.1 Å². The fourth-order valence-corrected chi connectivity index (χ4v) is 4.15. The molecule has 5 nitrogen and oxygen atoms in total. The van der Waals surface area contributed by atoms with Crippen LogP contribution in [0.15, 0.2) is 34.2 Å². The van der Waals surface area contributed by atoms with Gasteiger partial charge in [-0.05, 0) is 37.8 Å². The van der Waals surface area contributed by atoms with Crippen LogP contribution in [0.5, 0.6) is 0 Å². The van der Waals surface area contributed by atoms with Gasteiger partial charge in [0.25, 0.3) is 5.56 Å². The molecule has 0 aliphatic carbocycles. The lowest BCUT2D eigenvalue weighted by Gasteiger charge is -2.35. The van der Waals surface area contributed by atoms with Gasteiger partial charge in [-0.25, -0.2) is 4.98 Å². The smallest absolute Gasteiger partial charge is 0.261 e. The summed E-state index contributed by atoms with van der Waals surface area (Å²) < 4.78 is 1.54. The number of benzene rings is 1. The van der Waals surface area contributed by atoms with E-state index < -0.39 is 0 Å². The number of fused-ring (bicyclic) bond motifs is 1. The van der Waals surface area contributed by atoms with Crippen LogP contribution in [0.1, 0.15) is 32.6 Å². The Kier molecular flexibility index (Phi) is 5.23. The molecule has 0 N–H and O–H groups in total. The Bertz CT molecular complexity index is 802. The molecule has 1 aliphatic rings. The first kappa shape index (κ1) is 17.0. The molecule has 3 rings (SSSR count). The zero-order valence-corrected chi connectivity index (χ0v) is 15.0. The fraction of sp³-hybridized carbons (Fsp3) is 0.500. The van der Waals surface area contributed by atoms with Gasteiger partial charge in [0.15, 0.2) is 5.16 Å². The van der Waals surface area contributed by atoms with Gasteiger partial charge in [0.1, 0.15) is 0 Å². The lowest BCUT2D eigenvalue weighted by molar-refractivity contribution is -0.132. The van der Waals surface area contributed by atoms with Crippen molar-refractivity contribution < 1.29 is 4.79 Å². The van der Waals surface area contributed by atoms with E-state index in [1.54, 1.807) is 13.1 Å². The lowest BCUT2D eigenvalue weighted by atomic mass is 10.0. The number of amides is 1. The number of rotatable bonds is 4. The summed E-state index contributed by atoms with van der Waals surface area (Å²) in [7, 11) is 1.71. The Balaban J connectivity index is 1.77. The highest BCUT2D eigenvalue weighted by atomic mass is 32.2. The average molecular weight is 345 g/mol. The predicted molar refractivity (Wildman–Crippen MR) is 97.4 cm³/mol. The summed E-state index contributed by atoms with van der Waals surface area (Å²) in [6.45, 7) is 2.99. The lowest BCUT2D eigenvalue weighted by Crippen LogP contribution is -2.44. The third kappa shape index (κ3) is 3.34. The van der Waals surface area contributed by atoms with Crippen LogP contribution in [0.3, 0.4) is 0 Å². The number of hydrogen-bond acceptors (Lipinski definition) is 4. The van der Waals surface area contributed by atoms with Gasteiger partial charge < -0.3 is 4.90 Å². The Morgan fingerprint density at radius 3 is 2.92 bits per heavy atom. The molecule has 128 valence electrons. The van der Waals surface area contributed by atoms with E-state index in [0.717, 1.165) is 25.8 Å². The van der Waals surface area contributed by atoms with Crippen molar-refractivity contribution >= 4 is 28.6 Å². The molecule has 2 heterocycles. The molecule has 0 saturated carbocycles. The zero-order valence-electron chi connectivity index (χ0n) is 14.2. The van der Waals surface area contributed by atoms with Gasteiger partial charge >= 0.3 is 0 Å². The minimum absolute atomic E-state index is 0.0695. The summed E-state index contributed by atoms with van der Waals surface area (Å²) in [6, 6.07) is 7.68. The topological polar surface area (TPSA) is 55.2 Å². The largest absolute Gasteiger partial charge is 0.339 e. The highest BCUT2D eigenvalue weighted by Gasteiger charge is 2.25. The van der Waals surface area contributed by atoms with E-state index in [0.29, 0.717) is 27.9 Å². The summed E-state index contributed by atoms with van der Waals surface area (Å²) in [5.74, 6) is 0.476. The van der Waals surface area contributed by atoms with E-state index in [9.17, 15) is 9.59 Å². The number of carbonyl (C=O) groups is 1. The molecule has 1 aromatic carbocycles.